The molecule has 5 nitrogen and oxygen atoms in total. The van der Waals surface area contributed by atoms with Crippen LogP contribution in [-0.4, -0.2) is 36.4 Å². The topological polar surface area (TPSA) is 72.8 Å². The maximum atomic E-state index is 11.4. The summed E-state index contributed by atoms with van der Waals surface area (Å²) < 4.78 is 9.33. The summed E-state index contributed by atoms with van der Waals surface area (Å²) in [6, 6.07) is 8.32. The Hall–Kier alpha value is -1.88. The fourth-order valence-electron chi connectivity index (χ4n) is 1.12. The largest absolute Gasteiger partial charge is 0.464 e. The Balaban J connectivity index is 2.41. The maximum Gasteiger partial charge on any atom is 0.338 e. The average molecular weight is 238 g/mol. The minimum Gasteiger partial charge on any atom is -0.464 e. The van der Waals surface area contributed by atoms with Crippen LogP contribution >= 0.6 is 0 Å². The van der Waals surface area contributed by atoms with Crippen molar-refractivity contribution in [2.75, 3.05) is 13.2 Å². The van der Waals surface area contributed by atoms with Gasteiger partial charge < -0.3 is 14.6 Å². The van der Waals surface area contributed by atoms with Crippen molar-refractivity contribution in [1.29, 1.82) is 0 Å². The molecule has 0 bridgehead atoms. The Morgan fingerprint density at radius 2 is 1.88 bits per heavy atom. The molecule has 0 saturated heterocycles. The predicted molar refractivity (Wildman–Crippen MR) is 59.4 cm³/mol. The Morgan fingerprint density at radius 3 is 2.47 bits per heavy atom. The van der Waals surface area contributed by atoms with Gasteiger partial charge in [0.25, 0.3) is 0 Å². The van der Waals surface area contributed by atoms with Crippen LogP contribution in [0.15, 0.2) is 30.3 Å². The van der Waals surface area contributed by atoms with Gasteiger partial charge in [0.15, 0.2) is 6.10 Å². The number of esters is 2. The Kier molecular flexibility index (Phi) is 5.16. The molecule has 0 aliphatic carbocycles. The fourth-order valence-corrected chi connectivity index (χ4v) is 1.12. The monoisotopic (exact) mass is 238 g/mol. The summed E-state index contributed by atoms with van der Waals surface area (Å²) in [7, 11) is 0. The van der Waals surface area contributed by atoms with Crippen LogP contribution < -0.4 is 0 Å². The molecular weight excluding hydrogens is 224 g/mol. The molecule has 17 heavy (non-hydrogen) atoms. The van der Waals surface area contributed by atoms with E-state index in [4.69, 9.17) is 4.74 Å². The lowest BCUT2D eigenvalue weighted by Gasteiger charge is -2.10. The molecule has 0 saturated carbocycles. The standard InChI is InChI=1S/C12H14O5/c1-2-16-12(15)10(13)8-17-11(14)9-6-4-3-5-7-9/h3-7,10,13H,2,8H2,1H3/t10-/m1/s1. The van der Waals surface area contributed by atoms with Crippen molar-refractivity contribution in [1.82, 2.24) is 0 Å². The SMILES string of the molecule is CCOC(=O)[C@H](O)COC(=O)c1ccccc1. The summed E-state index contributed by atoms with van der Waals surface area (Å²) in [5, 5.41) is 9.29. The molecule has 5 heteroatoms. The first kappa shape index (κ1) is 13.2. The third-order valence-electron chi connectivity index (χ3n) is 1.94. The number of hydrogen-bond acceptors (Lipinski definition) is 5. The van der Waals surface area contributed by atoms with Crippen molar-refractivity contribution in [3.63, 3.8) is 0 Å². The zero-order chi connectivity index (χ0) is 12.7. The lowest BCUT2D eigenvalue weighted by Crippen LogP contribution is -2.29. The number of aliphatic hydroxyl groups excluding tert-OH is 1. The van der Waals surface area contributed by atoms with Crippen molar-refractivity contribution in [3.05, 3.63) is 35.9 Å². The maximum absolute atomic E-state index is 11.4. The summed E-state index contributed by atoms with van der Waals surface area (Å²) in [5.41, 5.74) is 0.364. The van der Waals surface area contributed by atoms with E-state index in [-0.39, 0.29) is 6.61 Å². The van der Waals surface area contributed by atoms with Crippen LogP contribution in [0, 0.1) is 0 Å². The number of benzene rings is 1. The lowest BCUT2D eigenvalue weighted by atomic mass is 10.2. The molecule has 1 rings (SSSR count). The van der Waals surface area contributed by atoms with Crippen LogP contribution in [0.3, 0.4) is 0 Å². The van der Waals surface area contributed by atoms with Gasteiger partial charge in [0, 0.05) is 0 Å². The van der Waals surface area contributed by atoms with Crippen molar-refractivity contribution in [3.8, 4) is 0 Å². The minimum atomic E-state index is -1.44. The van der Waals surface area contributed by atoms with E-state index in [9.17, 15) is 14.7 Å². The molecule has 0 radical (unpaired) electrons. The van der Waals surface area contributed by atoms with Gasteiger partial charge in [-0.15, -0.1) is 0 Å². The molecule has 1 N–H and O–H groups in total. The lowest BCUT2D eigenvalue weighted by molar-refractivity contribution is -0.155. The molecule has 0 aliphatic heterocycles. The van der Waals surface area contributed by atoms with Gasteiger partial charge in [-0.1, -0.05) is 18.2 Å². The van der Waals surface area contributed by atoms with Gasteiger partial charge in [-0.25, -0.2) is 9.59 Å². The highest BCUT2D eigenvalue weighted by Crippen LogP contribution is 2.02. The van der Waals surface area contributed by atoms with Gasteiger partial charge in [-0.2, -0.15) is 0 Å². The molecule has 0 fully saturated rings. The van der Waals surface area contributed by atoms with Crippen molar-refractivity contribution in [2.45, 2.75) is 13.0 Å². The van der Waals surface area contributed by atoms with Crippen LogP contribution in [0.1, 0.15) is 17.3 Å². The number of hydrogen-bond donors (Lipinski definition) is 1. The summed E-state index contributed by atoms with van der Waals surface area (Å²) in [5.74, 6) is -1.39. The summed E-state index contributed by atoms with van der Waals surface area (Å²) >= 11 is 0. The first-order valence-corrected chi connectivity index (χ1v) is 5.22. The van der Waals surface area contributed by atoms with E-state index in [2.05, 4.69) is 4.74 Å². The molecule has 1 atom stereocenters. The van der Waals surface area contributed by atoms with E-state index in [0.717, 1.165) is 0 Å². The van der Waals surface area contributed by atoms with Gasteiger partial charge >= 0.3 is 11.9 Å². The molecule has 0 amide bonds. The highest BCUT2D eigenvalue weighted by Gasteiger charge is 2.18. The first-order chi connectivity index (χ1) is 8.15. The third kappa shape index (κ3) is 4.24. The minimum absolute atomic E-state index is 0.169. The number of carbonyl (C=O) groups excluding carboxylic acids is 2. The van der Waals surface area contributed by atoms with Gasteiger partial charge in [0.1, 0.15) is 6.61 Å². The van der Waals surface area contributed by atoms with Crippen LogP contribution in [0.5, 0.6) is 0 Å². The van der Waals surface area contributed by atoms with E-state index < -0.39 is 24.6 Å². The van der Waals surface area contributed by atoms with Crippen molar-refractivity contribution >= 4 is 11.9 Å². The van der Waals surface area contributed by atoms with Crippen molar-refractivity contribution < 1.29 is 24.2 Å². The number of ether oxygens (including phenoxy) is 2. The molecule has 1 aromatic carbocycles. The Morgan fingerprint density at radius 1 is 1.24 bits per heavy atom. The second-order valence-corrected chi connectivity index (χ2v) is 3.23. The van der Waals surface area contributed by atoms with Crippen molar-refractivity contribution in [2.24, 2.45) is 0 Å². The molecule has 0 spiro atoms. The summed E-state index contributed by atoms with van der Waals surface area (Å²) in [4.78, 5) is 22.5. The van der Waals surface area contributed by atoms with Crippen LogP contribution in [0.2, 0.25) is 0 Å². The van der Waals surface area contributed by atoms with Crippen LogP contribution in [-0.2, 0) is 14.3 Å². The van der Waals surface area contributed by atoms with E-state index in [1.807, 2.05) is 0 Å². The van der Waals surface area contributed by atoms with Gasteiger partial charge in [0.2, 0.25) is 0 Å². The number of rotatable bonds is 5. The fraction of sp³-hybridized carbons (Fsp3) is 0.333. The molecular formula is C12H14O5. The zero-order valence-corrected chi connectivity index (χ0v) is 9.46. The van der Waals surface area contributed by atoms with E-state index in [1.54, 1.807) is 37.3 Å². The van der Waals surface area contributed by atoms with E-state index in [0.29, 0.717) is 5.56 Å². The quantitative estimate of drug-likeness (QED) is 0.767. The molecule has 0 unspecified atom stereocenters. The van der Waals surface area contributed by atoms with E-state index >= 15 is 0 Å². The first-order valence-electron chi connectivity index (χ1n) is 5.22. The molecule has 0 aromatic heterocycles. The molecule has 92 valence electrons. The smallest absolute Gasteiger partial charge is 0.338 e. The number of aliphatic hydroxyl groups is 1. The highest BCUT2D eigenvalue weighted by molar-refractivity contribution is 5.89. The Labute approximate surface area is 99.0 Å². The van der Waals surface area contributed by atoms with Crippen LogP contribution in [0.4, 0.5) is 0 Å². The Bertz CT molecular complexity index is 374. The normalized spacial score (nSPS) is 11.6. The van der Waals surface area contributed by atoms with Gasteiger partial charge in [0.05, 0.1) is 12.2 Å². The third-order valence-corrected chi connectivity index (χ3v) is 1.94. The summed E-state index contributed by atoms with van der Waals surface area (Å²) in [6.07, 6.45) is -1.44. The molecule has 1 aromatic rings. The second-order valence-electron chi connectivity index (χ2n) is 3.23. The molecule has 0 heterocycles. The van der Waals surface area contributed by atoms with Gasteiger partial charge in [-0.3, -0.25) is 0 Å². The molecule has 0 aliphatic rings. The number of carbonyl (C=O) groups is 2. The second kappa shape index (κ2) is 6.65. The van der Waals surface area contributed by atoms with E-state index in [1.165, 1.54) is 0 Å². The zero-order valence-electron chi connectivity index (χ0n) is 9.46. The highest BCUT2D eigenvalue weighted by atomic mass is 16.6. The van der Waals surface area contributed by atoms with Crippen LogP contribution in [0.25, 0.3) is 0 Å². The summed E-state index contributed by atoms with van der Waals surface area (Å²) in [6.45, 7) is 1.38. The average Bonchev–Trinajstić information content (AvgIpc) is 2.36. The van der Waals surface area contributed by atoms with Gasteiger partial charge in [-0.05, 0) is 19.1 Å². The predicted octanol–water partition coefficient (Wildman–Crippen LogP) is 0.767.